The summed E-state index contributed by atoms with van der Waals surface area (Å²) in [5.41, 5.74) is 12.7. The fourth-order valence-corrected chi connectivity index (χ4v) is 7.28. The molecular weight excluding hydrogens is 540 g/mol. The number of primary amides is 1. The molecule has 0 radical (unpaired) electrons. The van der Waals surface area contributed by atoms with Gasteiger partial charge in [0.05, 0.1) is 31.7 Å². The molecule has 3 heterocycles. The van der Waals surface area contributed by atoms with Crippen LogP contribution in [0.3, 0.4) is 0 Å². The maximum absolute atomic E-state index is 13.7. The van der Waals surface area contributed by atoms with Crippen LogP contribution in [0.25, 0.3) is 0 Å². The lowest BCUT2D eigenvalue weighted by Gasteiger charge is -2.39. The van der Waals surface area contributed by atoms with Crippen molar-refractivity contribution in [1.82, 2.24) is 9.80 Å². The number of ether oxygens (including phenoxy) is 3. The Hall–Kier alpha value is -2.73. The molecule has 42 heavy (non-hydrogen) atoms. The molecule has 1 saturated carbocycles. The van der Waals surface area contributed by atoms with Crippen LogP contribution in [0.5, 0.6) is 0 Å². The number of aliphatic hydroxyl groups is 1. The van der Waals surface area contributed by atoms with Gasteiger partial charge in [-0.25, -0.2) is 4.79 Å². The zero-order chi connectivity index (χ0) is 30.0. The van der Waals surface area contributed by atoms with Crippen molar-refractivity contribution in [3.8, 4) is 0 Å². The average Bonchev–Trinajstić information content (AvgIpc) is 3.48. The second-order valence-corrected chi connectivity index (χ2v) is 13.0. The van der Waals surface area contributed by atoms with Crippen molar-refractivity contribution in [1.29, 1.82) is 0 Å². The summed E-state index contributed by atoms with van der Waals surface area (Å²) in [6, 6.07) is 8.96. The van der Waals surface area contributed by atoms with Gasteiger partial charge in [0.1, 0.15) is 6.10 Å². The van der Waals surface area contributed by atoms with Gasteiger partial charge in [-0.3, -0.25) is 9.59 Å². The molecule has 11 heteroatoms. The lowest BCUT2D eigenvalue weighted by molar-refractivity contribution is -0.178. The summed E-state index contributed by atoms with van der Waals surface area (Å²) in [6.45, 7) is 6.15. The number of hydrogen-bond acceptors (Lipinski definition) is 8. The van der Waals surface area contributed by atoms with E-state index in [0.29, 0.717) is 39.1 Å². The number of nitrogens with zero attached hydrogens (tertiary/aromatic N) is 2. The van der Waals surface area contributed by atoms with Gasteiger partial charge in [-0.2, -0.15) is 0 Å². The number of hydrogen-bond donors (Lipinski definition) is 3. The summed E-state index contributed by atoms with van der Waals surface area (Å²) in [5.74, 6) is -0.993. The van der Waals surface area contributed by atoms with Crippen molar-refractivity contribution in [2.45, 2.75) is 64.1 Å². The molecule has 5 N–H and O–H groups in total. The highest BCUT2D eigenvalue weighted by Gasteiger charge is 2.56. The number of rotatable bonds is 11. The predicted molar refractivity (Wildman–Crippen MR) is 154 cm³/mol. The topological polar surface area (TPSA) is 158 Å². The van der Waals surface area contributed by atoms with E-state index in [1.54, 1.807) is 9.80 Å². The van der Waals surface area contributed by atoms with Crippen LogP contribution in [-0.2, 0) is 30.2 Å². The Labute approximate surface area is 247 Å². The summed E-state index contributed by atoms with van der Waals surface area (Å²) < 4.78 is 17.7. The average molecular weight is 587 g/mol. The zero-order valence-corrected chi connectivity index (χ0v) is 24.7. The van der Waals surface area contributed by atoms with Gasteiger partial charge in [0.2, 0.25) is 5.91 Å². The Balaban J connectivity index is 1.27. The molecule has 3 amide bonds. The first kappa shape index (κ1) is 30.7. The number of nitrogens with two attached hydrogens (primary N) is 2. The number of amides is 3. The minimum atomic E-state index is -0.970. The Morgan fingerprint density at radius 1 is 1.12 bits per heavy atom. The fourth-order valence-electron chi connectivity index (χ4n) is 7.28. The molecule has 7 unspecified atom stereocenters. The molecule has 4 fully saturated rings. The van der Waals surface area contributed by atoms with Gasteiger partial charge in [-0.05, 0) is 30.7 Å². The van der Waals surface area contributed by atoms with Crippen LogP contribution < -0.4 is 11.5 Å². The second-order valence-electron chi connectivity index (χ2n) is 13.0. The number of aliphatic hydroxyl groups excluding tert-OH is 1. The van der Waals surface area contributed by atoms with Crippen LogP contribution >= 0.6 is 0 Å². The number of esters is 1. The lowest BCUT2D eigenvalue weighted by Crippen LogP contribution is -2.57. The number of benzene rings is 1. The molecule has 5 rings (SSSR count). The summed E-state index contributed by atoms with van der Waals surface area (Å²) >= 11 is 0. The second kappa shape index (κ2) is 13.3. The van der Waals surface area contributed by atoms with E-state index in [0.717, 1.165) is 12.0 Å². The molecule has 3 aliphatic heterocycles. The van der Waals surface area contributed by atoms with Crippen molar-refractivity contribution >= 4 is 17.9 Å². The smallest absolute Gasteiger partial charge is 0.320 e. The van der Waals surface area contributed by atoms with Crippen LogP contribution in [0.1, 0.15) is 38.7 Å². The van der Waals surface area contributed by atoms with E-state index in [2.05, 4.69) is 0 Å². The first-order valence-electron chi connectivity index (χ1n) is 15.3. The van der Waals surface area contributed by atoms with Gasteiger partial charge in [0.25, 0.3) is 0 Å². The van der Waals surface area contributed by atoms with Crippen molar-refractivity contribution in [2.75, 3.05) is 39.4 Å². The molecule has 3 saturated heterocycles. The Morgan fingerprint density at radius 2 is 1.86 bits per heavy atom. The fraction of sp³-hybridized carbons (Fsp3) is 0.710. The van der Waals surface area contributed by atoms with Crippen molar-refractivity contribution in [2.24, 2.45) is 47.0 Å². The number of urea groups is 1. The Bertz CT molecular complexity index is 1100. The first-order valence-corrected chi connectivity index (χ1v) is 15.3. The van der Waals surface area contributed by atoms with Gasteiger partial charge in [0.15, 0.2) is 6.29 Å². The third kappa shape index (κ3) is 6.90. The summed E-state index contributed by atoms with van der Waals surface area (Å²) in [4.78, 5) is 42.0. The highest BCUT2D eigenvalue weighted by atomic mass is 16.7. The molecule has 11 nitrogen and oxygen atoms in total. The monoisotopic (exact) mass is 586 g/mol. The molecule has 1 aliphatic carbocycles. The van der Waals surface area contributed by atoms with E-state index in [1.165, 1.54) is 0 Å². The zero-order valence-electron chi connectivity index (χ0n) is 24.7. The van der Waals surface area contributed by atoms with Crippen LogP contribution in [0, 0.1) is 35.5 Å². The van der Waals surface area contributed by atoms with Gasteiger partial charge in [0, 0.05) is 55.9 Å². The highest BCUT2D eigenvalue weighted by molar-refractivity contribution is 5.79. The number of piperidine rings is 1. The summed E-state index contributed by atoms with van der Waals surface area (Å²) in [5, 5.41) is 11.6. The van der Waals surface area contributed by atoms with Gasteiger partial charge < -0.3 is 40.6 Å². The standard InChI is InChI=1S/C31H46N4O7/c1-18(2)13-35(31(39)34-9-8-22(29(33)38)25(32)14-34)15-26(36)20(10-19-6-4-3-5-7-19)12-27(37)42-28-21-11-23-24(28)17-41-30(23)40-16-21/h3-7,18,20-26,28,30,36H,8-17,32H2,1-2H3,(H2,33,38)/t20-,21?,22?,23?,24?,25?,26-,28?,30?/m1/s1. The van der Waals surface area contributed by atoms with Crippen LogP contribution in [0.2, 0.25) is 0 Å². The van der Waals surface area contributed by atoms with E-state index in [1.807, 2.05) is 44.2 Å². The van der Waals surface area contributed by atoms with Gasteiger partial charge >= 0.3 is 12.0 Å². The third-order valence-electron chi connectivity index (χ3n) is 9.43. The minimum Gasteiger partial charge on any atom is -0.462 e. The van der Waals surface area contributed by atoms with E-state index in [4.69, 9.17) is 25.7 Å². The molecule has 2 bridgehead atoms. The molecular formula is C31H46N4O7. The normalized spacial score (nSPS) is 31.5. The Morgan fingerprint density at radius 3 is 2.55 bits per heavy atom. The number of fused-ring (bicyclic) bond motifs is 1. The van der Waals surface area contributed by atoms with Crippen LogP contribution in [0.15, 0.2) is 30.3 Å². The van der Waals surface area contributed by atoms with Crippen molar-refractivity contribution < 1.29 is 33.7 Å². The molecule has 0 spiro atoms. The number of carbonyl (C=O) groups excluding carboxylic acids is 3. The first-order chi connectivity index (χ1) is 20.1. The molecule has 1 aromatic rings. The number of likely N-dealkylation sites (tertiary alicyclic amines) is 1. The van der Waals surface area contributed by atoms with Crippen LogP contribution in [-0.4, -0.2) is 96.7 Å². The van der Waals surface area contributed by atoms with Crippen LogP contribution in [0.4, 0.5) is 4.79 Å². The molecule has 4 aliphatic rings. The SMILES string of the molecule is CC(C)CN(C[C@@H](O)[C@@H](CC(=O)OC1C2COC3OCC1C3C2)Cc1ccccc1)C(=O)N1CCC(C(N)=O)C(N)C1. The van der Waals surface area contributed by atoms with E-state index < -0.39 is 29.9 Å². The molecule has 9 atom stereocenters. The molecule has 232 valence electrons. The number of carbonyl (C=O) groups is 3. The quantitative estimate of drug-likeness (QED) is 0.328. The van der Waals surface area contributed by atoms with E-state index in [-0.39, 0.29) is 67.6 Å². The van der Waals surface area contributed by atoms with E-state index in [9.17, 15) is 19.5 Å². The maximum atomic E-state index is 13.7. The lowest BCUT2D eigenvalue weighted by atomic mass is 9.90. The highest BCUT2D eigenvalue weighted by Crippen LogP contribution is 2.49. The van der Waals surface area contributed by atoms with Crippen molar-refractivity contribution in [3.05, 3.63) is 35.9 Å². The maximum Gasteiger partial charge on any atom is 0.320 e. The molecule has 0 aromatic heterocycles. The largest absolute Gasteiger partial charge is 0.462 e. The molecule has 1 aromatic carbocycles. The van der Waals surface area contributed by atoms with Crippen molar-refractivity contribution in [3.63, 3.8) is 0 Å². The summed E-state index contributed by atoms with van der Waals surface area (Å²) in [7, 11) is 0. The van der Waals surface area contributed by atoms with Gasteiger partial charge in [-0.1, -0.05) is 44.2 Å². The minimum absolute atomic E-state index is 0.0282. The van der Waals surface area contributed by atoms with Gasteiger partial charge in [-0.15, -0.1) is 0 Å². The van der Waals surface area contributed by atoms with E-state index >= 15 is 0 Å². The predicted octanol–water partition coefficient (Wildman–Crippen LogP) is 1.36. The third-order valence-corrected chi connectivity index (χ3v) is 9.43. The summed E-state index contributed by atoms with van der Waals surface area (Å²) in [6.07, 6.45) is 0.436. The Kier molecular flexibility index (Phi) is 9.71.